The third-order valence-corrected chi connectivity index (χ3v) is 4.94. The number of carbonyl (C=O) groups excluding carboxylic acids is 1. The number of carboxylic acids is 1. The van der Waals surface area contributed by atoms with E-state index in [9.17, 15) is 14.7 Å². The number of hydrogen-bond donors (Lipinski definition) is 1. The lowest BCUT2D eigenvalue weighted by Gasteiger charge is -2.40. The quantitative estimate of drug-likeness (QED) is 0.862. The largest absolute Gasteiger partial charge is 0.481 e. The molecule has 0 aromatic rings. The molecule has 0 aliphatic carbocycles. The fraction of sp³-hybridized carbons (Fsp3) is 0.867. The normalized spacial score (nSPS) is 33.3. The van der Waals surface area contributed by atoms with Gasteiger partial charge in [-0.3, -0.25) is 4.79 Å². The van der Waals surface area contributed by atoms with Crippen LogP contribution in [0.2, 0.25) is 0 Å². The highest BCUT2D eigenvalue weighted by atomic mass is 16.5. The first-order chi connectivity index (χ1) is 9.93. The first kappa shape index (κ1) is 16.1. The van der Waals surface area contributed by atoms with Crippen molar-refractivity contribution >= 4 is 12.0 Å². The zero-order valence-electron chi connectivity index (χ0n) is 13.2. The minimum absolute atomic E-state index is 0.0337. The number of urea groups is 1. The minimum Gasteiger partial charge on any atom is -0.481 e. The van der Waals surface area contributed by atoms with Crippen LogP contribution in [-0.4, -0.2) is 65.3 Å². The van der Waals surface area contributed by atoms with Crippen LogP contribution in [0, 0.1) is 5.41 Å². The predicted molar refractivity (Wildman–Crippen MR) is 78.1 cm³/mol. The highest BCUT2D eigenvalue weighted by Crippen LogP contribution is 2.35. The van der Waals surface area contributed by atoms with E-state index in [1.165, 1.54) is 0 Å². The van der Waals surface area contributed by atoms with E-state index < -0.39 is 11.4 Å². The van der Waals surface area contributed by atoms with Gasteiger partial charge in [-0.1, -0.05) is 13.8 Å². The van der Waals surface area contributed by atoms with E-state index in [4.69, 9.17) is 4.74 Å². The summed E-state index contributed by atoms with van der Waals surface area (Å²) in [6.07, 6.45) is 1.99. The summed E-state index contributed by atoms with van der Waals surface area (Å²) in [7, 11) is 0. The zero-order chi connectivity index (χ0) is 15.6. The predicted octanol–water partition coefficient (Wildman–Crippen LogP) is 1.79. The molecule has 2 rings (SSSR count). The number of likely N-dealkylation sites (tertiary alicyclic amines) is 1. The topological polar surface area (TPSA) is 70.1 Å². The Labute approximate surface area is 126 Å². The van der Waals surface area contributed by atoms with Gasteiger partial charge >= 0.3 is 12.0 Å². The van der Waals surface area contributed by atoms with Crippen LogP contribution >= 0.6 is 0 Å². The lowest BCUT2D eigenvalue weighted by atomic mass is 9.84. The van der Waals surface area contributed by atoms with Crippen LogP contribution in [0.15, 0.2) is 0 Å². The maximum atomic E-state index is 12.7. The van der Waals surface area contributed by atoms with Crippen LogP contribution < -0.4 is 0 Å². The molecule has 6 nitrogen and oxygen atoms in total. The Morgan fingerprint density at radius 3 is 2.62 bits per heavy atom. The summed E-state index contributed by atoms with van der Waals surface area (Å²) in [5, 5.41) is 9.44. The van der Waals surface area contributed by atoms with Crippen LogP contribution in [0.1, 0.15) is 40.0 Å². The number of ether oxygens (including phenoxy) is 1. The molecule has 2 fully saturated rings. The highest BCUT2D eigenvalue weighted by molar-refractivity contribution is 5.80. The van der Waals surface area contributed by atoms with Gasteiger partial charge in [0.25, 0.3) is 0 Å². The standard InChI is InChI=1S/C15H26N2O4/c1-4-12-9-21-11(3)8-17(12)14(20)16-7-6-15(5-2,10-16)13(18)19/h11-12H,4-10H2,1-3H3,(H,18,19). The van der Waals surface area contributed by atoms with Gasteiger partial charge in [-0.25, -0.2) is 4.79 Å². The number of nitrogens with zero attached hydrogens (tertiary/aromatic N) is 2. The van der Waals surface area contributed by atoms with Gasteiger partial charge in [0.2, 0.25) is 0 Å². The zero-order valence-corrected chi connectivity index (χ0v) is 13.2. The number of carboxylic acid groups (broad SMARTS) is 1. The smallest absolute Gasteiger partial charge is 0.320 e. The first-order valence-electron chi connectivity index (χ1n) is 7.84. The molecule has 2 saturated heterocycles. The van der Waals surface area contributed by atoms with Crippen molar-refractivity contribution in [1.82, 2.24) is 9.80 Å². The number of aliphatic carboxylic acids is 1. The lowest BCUT2D eigenvalue weighted by molar-refractivity contribution is -0.148. The Morgan fingerprint density at radius 1 is 1.38 bits per heavy atom. The van der Waals surface area contributed by atoms with Crippen molar-refractivity contribution in [3.8, 4) is 0 Å². The number of morpholine rings is 1. The summed E-state index contributed by atoms with van der Waals surface area (Å²) in [5.74, 6) is -0.789. The number of rotatable bonds is 3. The molecule has 0 bridgehead atoms. The molecule has 2 heterocycles. The van der Waals surface area contributed by atoms with Crippen molar-refractivity contribution in [3.05, 3.63) is 0 Å². The van der Waals surface area contributed by atoms with Crippen LogP contribution in [0.3, 0.4) is 0 Å². The van der Waals surface area contributed by atoms with E-state index in [2.05, 4.69) is 0 Å². The molecule has 120 valence electrons. The Hall–Kier alpha value is -1.30. The van der Waals surface area contributed by atoms with Crippen molar-refractivity contribution in [2.75, 3.05) is 26.2 Å². The van der Waals surface area contributed by atoms with Gasteiger partial charge in [0, 0.05) is 19.6 Å². The van der Waals surface area contributed by atoms with Gasteiger partial charge in [0.1, 0.15) is 0 Å². The third-order valence-electron chi connectivity index (χ3n) is 4.94. The molecule has 3 unspecified atom stereocenters. The van der Waals surface area contributed by atoms with Gasteiger partial charge in [0.05, 0.1) is 24.2 Å². The fourth-order valence-corrected chi connectivity index (χ4v) is 3.25. The third kappa shape index (κ3) is 3.00. The average molecular weight is 298 g/mol. The minimum atomic E-state index is -0.789. The summed E-state index contributed by atoms with van der Waals surface area (Å²) in [6, 6.07) is 0.0590. The monoisotopic (exact) mass is 298 g/mol. The van der Waals surface area contributed by atoms with Crippen molar-refractivity contribution in [1.29, 1.82) is 0 Å². The highest BCUT2D eigenvalue weighted by Gasteiger charge is 2.46. The molecule has 21 heavy (non-hydrogen) atoms. The fourth-order valence-electron chi connectivity index (χ4n) is 3.25. The summed E-state index contributed by atoms with van der Waals surface area (Å²) in [5.41, 5.74) is -0.769. The lowest BCUT2D eigenvalue weighted by Crippen LogP contribution is -2.55. The van der Waals surface area contributed by atoms with Crippen LogP contribution in [0.5, 0.6) is 0 Å². The van der Waals surface area contributed by atoms with Gasteiger partial charge in [0.15, 0.2) is 0 Å². The van der Waals surface area contributed by atoms with Gasteiger partial charge < -0.3 is 19.6 Å². The van der Waals surface area contributed by atoms with E-state index in [1.807, 2.05) is 25.7 Å². The molecular weight excluding hydrogens is 272 g/mol. The van der Waals surface area contributed by atoms with Crippen LogP contribution in [-0.2, 0) is 9.53 Å². The molecule has 2 aliphatic rings. The SMILES string of the molecule is CCC1COC(C)CN1C(=O)N1CCC(CC)(C(=O)O)C1. The molecule has 3 atom stereocenters. The Bertz CT molecular complexity index is 414. The first-order valence-corrected chi connectivity index (χ1v) is 7.84. The summed E-state index contributed by atoms with van der Waals surface area (Å²) < 4.78 is 5.62. The molecule has 2 amide bonds. The van der Waals surface area contributed by atoms with Crippen LogP contribution in [0.4, 0.5) is 4.79 Å². The van der Waals surface area contributed by atoms with E-state index >= 15 is 0 Å². The van der Waals surface area contributed by atoms with Crippen molar-refractivity contribution in [2.24, 2.45) is 5.41 Å². The summed E-state index contributed by atoms with van der Waals surface area (Å²) in [6.45, 7) is 7.88. The molecule has 6 heteroatoms. The van der Waals surface area contributed by atoms with E-state index in [-0.39, 0.29) is 18.2 Å². The molecule has 0 saturated carbocycles. The Morgan fingerprint density at radius 2 is 2.10 bits per heavy atom. The summed E-state index contributed by atoms with van der Waals surface area (Å²) in [4.78, 5) is 27.8. The van der Waals surface area contributed by atoms with E-state index in [0.717, 1.165) is 6.42 Å². The molecular formula is C15H26N2O4. The van der Waals surface area contributed by atoms with Crippen molar-refractivity contribution < 1.29 is 19.4 Å². The van der Waals surface area contributed by atoms with Crippen molar-refractivity contribution in [3.63, 3.8) is 0 Å². The molecule has 0 radical (unpaired) electrons. The number of carbonyl (C=O) groups is 2. The molecule has 0 aromatic heterocycles. The second-order valence-corrected chi connectivity index (χ2v) is 6.25. The second-order valence-electron chi connectivity index (χ2n) is 6.25. The van der Waals surface area contributed by atoms with Crippen LogP contribution in [0.25, 0.3) is 0 Å². The van der Waals surface area contributed by atoms with Crippen molar-refractivity contribution in [2.45, 2.75) is 52.2 Å². The van der Waals surface area contributed by atoms with E-state index in [1.54, 1.807) is 4.90 Å². The maximum Gasteiger partial charge on any atom is 0.320 e. The van der Waals surface area contributed by atoms with Gasteiger partial charge in [-0.2, -0.15) is 0 Å². The Balaban J connectivity index is 2.08. The van der Waals surface area contributed by atoms with Gasteiger partial charge in [-0.05, 0) is 26.2 Å². The van der Waals surface area contributed by atoms with E-state index in [0.29, 0.717) is 39.1 Å². The Kier molecular flexibility index (Phi) is 4.76. The summed E-state index contributed by atoms with van der Waals surface area (Å²) >= 11 is 0. The number of hydrogen-bond acceptors (Lipinski definition) is 3. The molecule has 0 spiro atoms. The molecule has 0 aromatic carbocycles. The van der Waals surface area contributed by atoms with Gasteiger partial charge in [-0.15, -0.1) is 0 Å². The number of amides is 2. The maximum absolute atomic E-state index is 12.7. The molecule has 1 N–H and O–H groups in total. The average Bonchev–Trinajstić information content (AvgIpc) is 2.92. The second kappa shape index (κ2) is 6.22. The molecule has 2 aliphatic heterocycles.